The Morgan fingerprint density at radius 2 is 2.12 bits per heavy atom. The SMILES string of the molecule is CC1(C(O)Cc2ccc(F)cc2)CCCO1. The highest BCUT2D eigenvalue weighted by Crippen LogP contribution is 2.30. The van der Waals surface area contributed by atoms with Crippen molar-refractivity contribution in [2.75, 3.05) is 6.61 Å². The summed E-state index contributed by atoms with van der Waals surface area (Å²) < 4.78 is 18.3. The van der Waals surface area contributed by atoms with E-state index in [4.69, 9.17) is 4.74 Å². The van der Waals surface area contributed by atoms with Gasteiger partial charge in [-0.2, -0.15) is 0 Å². The molecular weight excluding hydrogens is 207 g/mol. The minimum atomic E-state index is -0.527. The zero-order valence-electron chi connectivity index (χ0n) is 9.45. The van der Waals surface area contributed by atoms with Gasteiger partial charge in [-0.3, -0.25) is 0 Å². The highest BCUT2D eigenvalue weighted by atomic mass is 19.1. The third-order valence-electron chi connectivity index (χ3n) is 3.30. The Morgan fingerprint density at radius 1 is 1.44 bits per heavy atom. The maximum absolute atomic E-state index is 12.7. The van der Waals surface area contributed by atoms with E-state index in [1.54, 1.807) is 12.1 Å². The summed E-state index contributed by atoms with van der Waals surface area (Å²) in [5, 5.41) is 10.1. The minimum absolute atomic E-state index is 0.249. The molecule has 0 amide bonds. The number of aliphatic hydroxyl groups is 1. The molecule has 0 spiro atoms. The largest absolute Gasteiger partial charge is 0.390 e. The number of ether oxygens (including phenoxy) is 1. The van der Waals surface area contributed by atoms with Crippen LogP contribution in [-0.2, 0) is 11.2 Å². The van der Waals surface area contributed by atoms with Gasteiger partial charge in [0.25, 0.3) is 0 Å². The van der Waals surface area contributed by atoms with Crippen molar-refractivity contribution in [1.82, 2.24) is 0 Å². The van der Waals surface area contributed by atoms with Crippen molar-refractivity contribution in [1.29, 1.82) is 0 Å². The molecule has 1 fully saturated rings. The molecule has 3 heteroatoms. The zero-order chi connectivity index (χ0) is 11.6. The Kier molecular flexibility index (Phi) is 3.26. The van der Waals surface area contributed by atoms with Gasteiger partial charge in [0.1, 0.15) is 5.82 Å². The maximum atomic E-state index is 12.7. The van der Waals surface area contributed by atoms with Crippen LogP contribution in [0.3, 0.4) is 0 Å². The summed E-state index contributed by atoms with van der Waals surface area (Å²) in [5.74, 6) is -0.249. The monoisotopic (exact) mass is 224 g/mol. The van der Waals surface area contributed by atoms with Crippen LogP contribution in [0.5, 0.6) is 0 Å². The van der Waals surface area contributed by atoms with E-state index < -0.39 is 11.7 Å². The normalized spacial score (nSPS) is 26.9. The van der Waals surface area contributed by atoms with E-state index in [-0.39, 0.29) is 5.82 Å². The summed E-state index contributed by atoms with van der Waals surface area (Å²) in [6, 6.07) is 6.24. The molecular formula is C13H17FO2. The Labute approximate surface area is 95.1 Å². The van der Waals surface area contributed by atoms with Crippen LogP contribution in [0.4, 0.5) is 4.39 Å². The molecule has 1 aromatic rings. The topological polar surface area (TPSA) is 29.5 Å². The van der Waals surface area contributed by atoms with Crippen molar-refractivity contribution < 1.29 is 14.2 Å². The smallest absolute Gasteiger partial charge is 0.123 e. The average molecular weight is 224 g/mol. The van der Waals surface area contributed by atoms with Gasteiger partial charge >= 0.3 is 0 Å². The van der Waals surface area contributed by atoms with Crippen LogP contribution in [0.2, 0.25) is 0 Å². The zero-order valence-corrected chi connectivity index (χ0v) is 9.45. The van der Waals surface area contributed by atoms with E-state index in [0.29, 0.717) is 6.42 Å². The van der Waals surface area contributed by atoms with Gasteiger partial charge in [0.05, 0.1) is 11.7 Å². The number of aliphatic hydroxyl groups excluding tert-OH is 1. The van der Waals surface area contributed by atoms with Crippen LogP contribution in [-0.4, -0.2) is 23.4 Å². The van der Waals surface area contributed by atoms with E-state index in [9.17, 15) is 9.50 Å². The van der Waals surface area contributed by atoms with Crippen LogP contribution in [0, 0.1) is 5.82 Å². The lowest BCUT2D eigenvalue weighted by Crippen LogP contribution is -2.40. The second-order valence-corrected chi connectivity index (χ2v) is 4.61. The molecule has 1 saturated heterocycles. The van der Waals surface area contributed by atoms with Gasteiger partial charge in [-0.15, -0.1) is 0 Å². The van der Waals surface area contributed by atoms with Gasteiger partial charge < -0.3 is 9.84 Å². The van der Waals surface area contributed by atoms with E-state index >= 15 is 0 Å². The van der Waals surface area contributed by atoms with E-state index in [1.807, 2.05) is 6.92 Å². The molecule has 2 rings (SSSR count). The molecule has 0 aromatic heterocycles. The van der Waals surface area contributed by atoms with Gasteiger partial charge in [0, 0.05) is 13.0 Å². The first kappa shape index (κ1) is 11.6. The van der Waals surface area contributed by atoms with Crippen LogP contribution in [0.15, 0.2) is 24.3 Å². The Morgan fingerprint density at radius 3 is 2.69 bits per heavy atom. The molecule has 2 nitrogen and oxygen atoms in total. The average Bonchev–Trinajstić information content (AvgIpc) is 2.70. The van der Waals surface area contributed by atoms with Crippen LogP contribution in [0.1, 0.15) is 25.3 Å². The van der Waals surface area contributed by atoms with Crippen molar-refractivity contribution >= 4 is 0 Å². The molecule has 1 N–H and O–H groups in total. The van der Waals surface area contributed by atoms with E-state index in [1.165, 1.54) is 12.1 Å². The molecule has 0 saturated carbocycles. The molecule has 1 heterocycles. The predicted molar refractivity (Wildman–Crippen MR) is 59.7 cm³/mol. The van der Waals surface area contributed by atoms with E-state index in [2.05, 4.69) is 0 Å². The molecule has 2 unspecified atom stereocenters. The first-order valence-corrected chi connectivity index (χ1v) is 5.67. The fourth-order valence-electron chi connectivity index (χ4n) is 2.12. The second-order valence-electron chi connectivity index (χ2n) is 4.61. The molecule has 88 valence electrons. The highest BCUT2D eigenvalue weighted by Gasteiger charge is 2.37. The fraction of sp³-hybridized carbons (Fsp3) is 0.538. The van der Waals surface area contributed by atoms with Crippen molar-refractivity contribution in [2.24, 2.45) is 0 Å². The minimum Gasteiger partial charge on any atom is -0.390 e. The predicted octanol–water partition coefficient (Wildman–Crippen LogP) is 2.30. The molecule has 1 aromatic carbocycles. The molecule has 1 aliphatic rings. The lowest BCUT2D eigenvalue weighted by molar-refractivity contribution is -0.0768. The number of halogens is 1. The number of rotatable bonds is 3. The van der Waals surface area contributed by atoms with Gasteiger partial charge in [0.2, 0.25) is 0 Å². The second kappa shape index (κ2) is 4.52. The summed E-state index contributed by atoms with van der Waals surface area (Å²) in [6.45, 7) is 2.66. The first-order chi connectivity index (χ1) is 7.60. The Hall–Kier alpha value is -0.930. The molecule has 1 aliphatic heterocycles. The number of benzene rings is 1. The van der Waals surface area contributed by atoms with Crippen molar-refractivity contribution in [3.63, 3.8) is 0 Å². The Balaban J connectivity index is 2.01. The number of hydrogen-bond acceptors (Lipinski definition) is 2. The third-order valence-corrected chi connectivity index (χ3v) is 3.30. The van der Waals surface area contributed by atoms with Crippen molar-refractivity contribution in [3.8, 4) is 0 Å². The highest BCUT2D eigenvalue weighted by molar-refractivity contribution is 5.17. The molecule has 2 atom stereocenters. The van der Waals surface area contributed by atoms with Crippen LogP contribution >= 0.6 is 0 Å². The molecule has 16 heavy (non-hydrogen) atoms. The summed E-state index contributed by atoms with van der Waals surface area (Å²) >= 11 is 0. The molecule has 0 aliphatic carbocycles. The molecule has 0 radical (unpaired) electrons. The van der Waals surface area contributed by atoms with Crippen LogP contribution in [0.25, 0.3) is 0 Å². The summed E-state index contributed by atoms with van der Waals surface area (Å²) in [7, 11) is 0. The van der Waals surface area contributed by atoms with Crippen molar-refractivity contribution in [2.45, 2.75) is 37.9 Å². The maximum Gasteiger partial charge on any atom is 0.123 e. The van der Waals surface area contributed by atoms with E-state index in [0.717, 1.165) is 25.0 Å². The van der Waals surface area contributed by atoms with Gasteiger partial charge in [-0.1, -0.05) is 12.1 Å². The molecule has 0 bridgehead atoms. The lowest BCUT2D eigenvalue weighted by Gasteiger charge is -2.29. The van der Waals surface area contributed by atoms with Gasteiger partial charge in [0.15, 0.2) is 0 Å². The first-order valence-electron chi connectivity index (χ1n) is 5.67. The number of hydrogen-bond donors (Lipinski definition) is 1. The standard InChI is InChI=1S/C13H17FO2/c1-13(7-2-8-16-13)12(15)9-10-3-5-11(14)6-4-10/h3-6,12,15H,2,7-9H2,1H3. The van der Waals surface area contributed by atoms with Gasteiger partial charge in [-0.05, 0) is 37.5 Å². The third kappa shape index (κ3) is 2.42. The fourth-order valence-corrected chi connectivity index (χ4v) is 2.12. The quantitative estimate of drug-likeness (QED) is 0.853. The summed E-state index contributed by atoms with van der Waals surface area (Å²) in [6.07, 6.45) is 1.86. The Bertz CT molecular complexity index is 341. The van der Waals surface area contributed by atoms with Gasteiger partial charge in [-0.25, -0.2) is 4.39 Å². The van der Waals surface area contributed by atoms with Crippen molar-refractivity contribution in [3.05, 3.63) is 35.6 Å². The lowest BCUT2D eigenvalue weighted by atomic mass is 9.91. The van der Waals surface area contributed by atoms with Crippen LogP contribution < -0.4 is 0 Å². The summed E-state index contributed by atoms with van der Waals surface area (Å²) in [5.41, 5.74) is 0.500. The summed E-state index contributed by atoms with van der Waals surface area (Å²) in [4.78, 5) is 0.